The van der Waals surface area contributed by atoms with E-state index in [1.165, 1.54) is 25.7 Å². The van der Waals surface area contributed by atoms with Crippen molar-refractivity contribution in [2.45, 2.75) is 44.4 Å². The van der Waals surface area contributed by atoms with Crippen LogP contribution < -0.4 is 5.73 Å². The van der Waals surface area contributed by atoms with Crippen LogP contribution in [0.15, 0.2) is 4.52 Å². The summed E-state index contributed by atoms with van der Waals surface area (Å²) in [7, 11) is 0. The Morgan fingerprint density at radius 2 is 2.07 bits per heavy atom. The second-order valence-corrected chi connectivity index (χ2v) is 3.92. The van der Waals surface area contributed by atoms with Gasteiger partial charge >= 0.3 is 0 Å². The minimum Gasteiger partial charge on any atom is -0.339 e. The molecule has 4 nitrogen and oxygen atoms in total. The topological polar surface area (TPSA) is 64.9 Å². The number of nitrogens with two attached hydrogens (primary N) is 1. The van der Waals surface area contributed by atoms with E-state index in [2.05, 4.69) is 10.1 Å². The fourth-order valence-corrected chi connectivity index (χ4v) is 1.97. The highest BCUT2D eigenvalue weighted by Gasteiger charge is 2.21. The van der Waals surface area contributed by atoms with Gasteiger partial charge in [0.15, 0.2) is 5.82 Å². The van der Waals surface area contributed by atoms with Crippen molar-refractivity contribution in [2.24, 2.45) is 5.73 Å². The van der Waals surface area contributed by atoms with Gasteiger partial charge < -0.3 is 10.3 Å². The molecule has 1 saturated carbocycles. The van der Waals surface area contributed by atoms with Gasteiger partial charge in [-0.3, -0.25) is 0 Å². The minimum absolute atomic E-state index is 0. The first-order valence-electron chi connectivity index (χ1n) is 5.42. The standard InChI is InChI=1S/C10H17N3O.ClH/c11-7-3-6-9-12-10(13-14-9)8-4-1-2-5-8;/h8H,1-7,11H2;1H. The molecule has 0 amide bonds. The molecule has 1 fully saturated rings. The maximum Gasteiger partial charge on any atom is 0.226 e. The van der Waals surface area contributed by atoms with Gasteiger partial charge in [0.1, 0.15) is 0 Å². The van der Waals surface area contributed by atoms with Crippen molar-refractivity contribution in [1.29, 1.82) is 0 Å². The minimum atomic E-state index is 0. The van der Waals surface area contributed by atoms with Crippen LogP contribution in [0.4, 0.5) is 0 Å². The van der Waals surface area contributed by atoms with Crippen LogP contribution >= 0.6 is 12.4 Å². The van der Waals surface area contributed by atoms with Gasteiger partial charge in [-0.05, 0) is 25.8 Å². The Kier molecular flexibility index (Phi) is 5.05. The number of rotatable bonds is 4. The van der Waals surface area contributed by atoms with Crippen molar-refractivity contribution in [1.82, 2.24) is 10.1 Å². The molecule has 0 saturated heterocycles. The second-order valence-electron chi connectivity index (χ2n) is 3.92. The molecule has 2 N–H and O–H groups in total. The van der Waals surface area contributed by atoms with E-state index in [0.29, 0.717) is 12.5 Å². The van der Waals surface area contributed by atoms with Crippen molar-refractivity contribution in [3.8, 4) is 0 Å². The molecule has 0 radical (unpaired) electrons. The summed E-state index contributed by atoms with van der Waals surface area (Å²) in [5.41, 5.74) is 5.42. The van der Waals surface area contributed by atoms with E-state index in [4.69, 9.17) is 10.3 Å². The Hall–Kier alpha value is -0.610. The molecule has 1 aliphatic carbocycles. The largest absolute Gasteiger partial charge is 0.339 e. The molecule has 0 aliphatic heterocycles. The molecule has 1 aliphatic rings. The first-order valence-corrected chi connectivity index (χ1v) is 5.42. The summed E-state index contributed by atoms with van der Waals surface area (Å²) < 4.78 is 5.16. The smallest absolute Gasteiger partial charge is 0.226 e. The predicted octanol–water partition coefficient (Wildman–Crippen LogP) is 2.04. The lowest BCUT2D eigenvalue weighted by atomic mass is 10.1. The zero-order valence-electron chi connectivity index (χ0n) is 8.82. The molecule has 0 spiro atoms. The fourth-order valence-electron chi connectivity index (χ4n) is 1.97. The number of hydrogen-bond donors (Lipinski definition) is 1. The molecule has 0 aromatic carbocycles. The average molecular weight is 232 g/mol. The van der Waals surface area contributed by atoms with E-state index in [1.807, 2.05) is 0 Å². The highest BCUT2D eigenvalue weighted by Crippen LogP contribution is 2.32. The summed E-state index contributed by atoms with van der Waals surface area (Å²) in [5.74, 6) is 2.21. The average Bonchev–Trinajstić information content (AvgIpc) is 2.85. The number of aryl methyl sites for hydroxylation is 1. The summed E-state index contributed by atoms with van der Waals surface area (Å²) in [6.45, 7) is 0.682. The van der Waals surface area contributed by atoms with Crippen molar-refractivity contribution in [3.63, 3.8) is 0 Å². The Bertz CT molecular complexity index is 284. The summed E-state index contributed by atoms with van der Waals surface area (Å²) in [6, 6.07) is 0. The lowest BCUT2D eigenvalue weighted by Gasteiger charge is -1.99. The van der Waals surface area contributed by atoms with Crippen molar-refractivity contribution >= 4 is 12.4 Å². The quantitative estimate of drug-likeness (QED) is 0.861. The Morgan fingerprint density at radius 3 is 2.73 bits per heavy atom. The summed E-state index contributed by atoms with van der Waals surface area (Å²) >= 11 is 0. The highest BCUT2D eigenvalue weighted by molar-refractivity contribution is 5.85. The van der Waals surface area contributed by atoms with Gasteiger partial charge in [-0.15, -0.1) is 12.4 Å². The summed E-state index contributed by atoms with van der Waals surface area (Å²) in [6.07, 6.45) is 6.78. The zero-order chi connectivity index (χ0) is 9.80. The predicted molar refractivity (Wildman–Crippen MR) is 60.1 cm³/mol. The summed E-state index contributed by atoms with van der Waals surface area (Å²) in [5, 5.41) is 4.02. The van der Waals surface area contributed by atoms with Gasteiger partial charge in [-0.2, -0.15) is 4.98 Å². The van der Waals surface area contributed by atoms with E-state index in [9.17, 15) is 0 Å². The molecule has 86 valence electrons. The van der Waals surface area contributed by atoms with Crippen LogP contribution in [-0.2, 0) is 6.42 Å². The van der Waals surface area contributed by atoms with Crippen LogP contribution in [0.1, 0.15) is 49.7 Å². The van der Waals surface area contributed by atoms with E-state index in [1.54, 1.807) is 0 Å². The first kappa shape index (κ1) is 12.5. The lowest BCUT2D eigenvalue weighted by Crippen LogP contribution is -2.01. The third kappa shape index (κ3) is 3.18. The second kappa shape index (κ2) is 6.08. The van der Waals surface area contributed by atoms with Crippen LogP contribution in [0.5, 0.6) is 0 Å². The number of hydrogen-bond acceptors (Lipinski definition) is 4. The molecule has 1 aromatic heterocycles. The molecule has 15 heavy (non-hydrogen) atoms. The van der Waals surface area contributed by atoms with Gasteiger partial charge in [0.25, 0.3) is 0 Å². The van der Waals surface area contributed by atoms with Crippen molar-refractivity contribution in [2.75, 3.05) is 6.54 Å². The number of nitrogens with zero attached hydrogens (tertiary/aromatic N) is 2. The Balaban J connectivity index is 0.00000112. The van der Waals surface area contributed by atoms with Gasteiger partial charge in [0.05, 0.1) is 0 Å². The third-order valence-electron chi connectivity index (χ3n) is 2.80. The van der Waals surface area contributed by atoms with Crippen LogP contribution in [0.25, 0.3) is 0 Å². The zero-order valence-corrected chi connectivity index (χ0v) is 9.63. The Morgan fingerprint density at radius 1 is 1.33 bits per heavy atom. The van der Waals surface area contributed by atoms with Crippen LogP contribution in [-0.4, -0.2) is 16.7 Å². The third-order valence-corrected chi connectivity index (χ3v) is 2.80. The fraction of sp³-hybridized carbons (Fsp3) is 0.800. The SMILES string of the molecule is Cl.NCCCc1nc(C2CCCC2)no1. The number of aromatic nitrogens is 2. The van der Waals surface area contributed by atoms with Crippen LogP contribution in [0.3, 0.4) is 0 Å². The van der Waals surface area contributed by atoms with Gasteiger partial charge in [-0.25, -0.2) is 0 Å². The van der Waals surface area contributed by atoms with E-state index < -0.39 is 0 Å². The van der Waals surface area contributed by atoms with Crippen LogP contribution in [0, 0.1) is 0 Å². The van der Waals surface area contributed by atoms with E-state index in [0.717, 1.165) is 24.6 Å². The molecular weight excluding hydrogens is 214 g/mol. The molecular formula is C10H18ClN3O. The normalized spacial score (nSPS) is 16.6. The van der Waals surface area contributed by atoms with E-state index >= 15 is 0 Å². The maximum atomic E-state index is 5.42. The molecule has 1 heterocycles. The number of halogens is 1. The van der Waals surface area contributed by atoms with Crippen molar-refractivity contribution < 1.29 is 4.52 Å². The van der Waals surface area contributed by atoms with Gasteiger partial charge in [-0.1, -0.05) is 18.0 Å². The Labute approximate surface area is 96.0 Å². The lowest BCUT2D eigenvalue weighted by molar-refractivity contribution is 0.367. The molecule has 5 heteroatoms. The van der Waals surface area contributed by atoms with E-state index in [-0.39, 0.29) is 12.4 Å². The highest BCUT2D eigenvalue weighted by atomic mass is 35.5. The monoisotopic (exact) mass is 231 g/mol. The van der Waals surface area contributed by atoms with Crippen molar-refractivity contribution in [3.05, 3.63) is 11.7 Å². The molecule has 0 unspecified atom stereocenters. The van der Waals surface area contributed by atoms with Gasteiger partial charge in [0.2, 0.25) is 5.89 Å². The molecule has 0 bridgehead atoms. The molecule has 1 aromatic rings. The molecule has 0 atom stereocenters. The first-order chi connectivity index (χ1) is 6.90. The van der Waals surface area contributed by atoms with Crippen LogP contribution in [0.2, 0.25) is 0 Å². The van der Waals surface area contributed by atoms with Gasteiger partial charge in [0, 0.05) is 12.3 Å². The molecule has 2 rings (SSSR count). The maximum absolute atomic E-state index is 5.42. The summed E-state index contributed by atoms with van der Waals surface area (Å²) in [4.78, 5) is 4.40.